The van der Waals surface area contributed by atoms with Gasteiger partial charge in [0.2, 0.25) is 15.9 Å². The SMILES string of the molecule is CCCCS(=O)(=O)N1CCC(C(=O)NC2CCNC2)CC1. The van der Waals surface area contributed by atoms with Crippen molar-refractivity contribution in [3.8, 4) is 0 Å². The van der Waals surface area contributed by atoms with E-state index < -0.39 is 10.0 Å². The molecule has 21 heavy (non-hydrogen) atoms. The van der Waals surface area contributed by atoms with Crippen molar-refractivity contribution in [1.29, 1.82) is 0 Å². The van der Waals surface area contributed by atoms with Gasteiger partial charge in [0.05, 0.1) is 5.75 Å². The van der Waals surface area contributed by atoms with E-state index in [4.69, 9.17) is 0 Å². The van der Waals surface area contributed by atoms with Crippen LogP contribution in [0.1, 0.15) is 39.0 Å². The summed E-state index contributed by atoms with van der Waals surface area (Å²) in [5.41, 5.74) is 0. The summed E-state index contributed by atoms with van der Waals surface area (Å²) in [5, 5.41) is 6.29. The van der Waals surface area contributed by atoms with Crippen molar-refractivity contribution < 1.29 is 13.2 Å². The van der Waals surface area contributed by atoms with Crippen molar-refractivity contribution in [2.75, 3.05) is 31.9 Å². The molecular formula is C14H27N3O3S. The van der Waals surface area contributed by atoms with Gasteiger partial charge in [-0.2, -0.15) is 0 Å². The molecule has 2 aliphatic heterocycles. The van der Waals surface area contributed by atoms with E-state index in [0.29, 0.717) is 32.4 Å². The van der Waals surface area contributed by atoms with Crippen LogP contribution in [0, 0.1) is 5.92 Å². The molecule has 2 heterocycles. The fourth-order valence-corrected chi connectivity index (χ4v) is 4.63. The Bertz CT molecular complexity index is 438. The van der Waals surface area contributed by atoms with Gasteiger partial charge in [-0.25, -0.2) is 12.7 Å². The Balaban J connectivity index is 1.78. The summed E-state index contributed by atoms with van der Waals surface area (Å²) in [6, 6.07) is 0.240. The Morgan fingerprint density at radius 2 is 2.00 bits per heavy atom. The average molecular weight is 317 g/mol. The molecule has 2 rings (SSSR count). The van der Waals surface area contributed by atoms with Gasteiger partial charge in [-0.05, 0) is 32.2 Å². The number of carbonyl (C=O) groups excluding carboxylic acids is 1. The lowest BCUT2D eigenvalue weighted by Gasteiger charge is -2.31. The maximum absolute atomic E-state index is 12.2. The number of carbonyl (C=O) groups is 1. The molecule has 1 unspecified atom stereocenters. The second kappa shape index (κ2) is 7.56. The van der Waals surface area contributed by atoms with Crippen LogP contribution in [0.25, 0.3) is 0 Å². The maximum atomic E-state index is 12.2. The van der Waals surface area contributed by atoms with Gasteiger partial charge in [-0.15, -0.1) is 0 Å². The van der Waals surface area contributed by atoms with Gasteiger partial charge in [0.25, 0.3) is 0 Å². The number of nitrogens with one attached hydrogen (secondary N) is 2. The number of sulfonamides is 1. The first kappa shape index (κ1) is 16.7. The van der Waals surface area contributed by atoms with Gasteiger partial charge in [0, 0.05) is 31.6 Å². The van der Waals surface area contributed by atoms with Crippen LogP contribution in [0.4, 0.5) is 0 Å². The van der Waals surface area contributed by atoms with E-state index in [1.165, 1.54) is 0 Å². The van der Waals surface area contributed by atoms with Gasteiger partial charge >= 0.3 is 0 Å². The molecule has 1 amide bonds. The second-order valence-electron chi connectivity index (χ2n) is 6.04. The third-order valence-corrected chi connectivity index (χ3v) is 6.34. The predicted octanol–water partition coefficient (Wildman–Crippen LogP) is 0.306. The van der Waals surface area contributed by atoms with Crippen molar-refractivity contribution >= 4 is 15.9 Å². The molecule has 2 N–H and O–H groups in total. The molecule has 6 nitrogen and oxygen atoms in total. The summed E-state index contributed by atoms with van der Waals surface area (Å²) in [7, 11) is -3.13. The molecular weight excluding hydrogens is 290 g/mol. The molecule has 2 fully saturated rings. The van der Waals surface area contributed by atoms with Crippen LogP contribution in [0.3, 0.4) is 0 Å². The third kappa shape index (κ3) is 4.66. The van der Waals surface area contributed by atoms with E-state index >= 15 is 0 Å². The summed E-state index contributed by atoms with van der Waals surface area (Å²) in [5.74, 6) is 0.284. The first-order valence-electron chi connectivity index (χ1n) is 8.02. The molecule has 0 saturated carbocycles. The van der Waals surface area contributed by atoms with Crippen LogP contribution in [0.5, 0.6) is 0 Å². The monoisotopic (exact) mass is 317 g/mol. The lowest BCUT2D eigenvalue weighted by Crippen LogP contribution is -2.46. The molecule has 1 atom stereocenters. The van der Waals surface area contributed by atoms with E-state index in [0.717, 1.165) is 25.9 Å². The van der Waals surface area contributed by atoms with Crippen LogP contribution in [0.15, 0.2) is 0 Å². The van der Waals surface area contributed by atoms with Crippen LogP contribution < -0.4 is 10.6 Å². The molecule has 0 aromatic heterocycles. The van der Waals surface area contributed by atoms with Gasteiger partial charge < -0.3 is 10.6 Å². The summed E-state index contributed by atoms with van der Waals surface area (Å²) >= 11 is 0. The first-order valence-corrected chi connectivity index (χ1v) is 9.62. The zero-order valence-corrected chi connectivity index (χ0v) is 13.6. The van der Waals surface area contributed by atoms with Gasteiger partial charge in [-0.3, -0.25) is 4.79 Å². The normalized spacial score (nSPS) is 25.1. The van der Waals surface area contributed by atoms with E-state index in [-0.39, 0.29) is 23.6 Å². The number of nitrogens with zero attached hydrogens (tertiary/aromatic N) is 1. The predicted molar refractivity (Wildman–Crippen MR) is 82.4 cm³/mol. The minimum absolute atomic E-state index is 0.0387. The Morgan fingerprint density at radius 1 is 1.29 bits per heavy atom. The fraction of sp³-hybridized carbons (Fsp3) is 0.929. The number of piperidine rings is 1. The molecule has 0 bridgehead atoms. The summed E-state index contributed by atoms with van der Waals surface area (Å²) in [6.45, 7) is 4.75. The van der Waals surface area contributed by atoms with E-state index in [2.05, 4.69) is 10.6 Å². The van der Waals surface area contributed by atoms with Crippen molar-refractivity contribution in [1.82, 2.24) is 14.9 Å². The lowest BCUT2D eigenvalue weighted by atomic mass is 9.97. The van der Waals surface area contributed by atoms with E-state index in [1.54, 1.807) is 4.31 Å². The summed E-state index contributed by atoms with van der Waals surface area (Å²) in [6.07, 6.45) is 3.84. The highest BCUT2D eigenvalue weighted by Crippen LogP contribution is 2.21. The Labute approximate surface area is 127 Å². The van der Waals surface area contributed by atoms with Crippen LogP contribution in [0.2, 0.25) is 0 Å². The minimum atomic E-state index is -3.13. The van der Waals surface area contributed by atoms with E-state index in [1.807, 2.05) is 6.92 Å². The largest absolute Gasteiger partial charge is 0.352 e. The first-order chi connectivity index (χ1) is 10.0. The van der Waals surface area contributed by atoms with Crippen molar-refractivity contribution in [2.45, 2.75) is 45.1 Å². The topological polar surface area (TPSA) is 78.5 Å². The fourth-order valence-electron chi connectivity index (χ4n) is 2.95. The van der Waals surface area contributed by atoms with Crippen molar-refractivity contribution in [3.63, 3.8) is 0 Å². The Morgan fingerprint density at radius 3 is 2.57 bits per heavy atom. The van der Waals surface area contributed by atoms with Gasteiger partial charge in [-0.1, -0.05) is 13.3 Å². The quantitative estimate of drug-likeness (QED) is 0.739. The highest BCUT2D eigenvalue weighted by Gasteiger charge is 2.31. The highest BCUT2D eigenvalue weighted by atomic mass is 32.2. The number of hydrogen-bond donors (Lipinski definition) is 2. The number of unbranched alkanes of at least 4 members (excludes halogenated alkanes) is 1. The van der Waals surface area contributed by atoms with Crippen LogP contribution in [-0.4, -0.2) is 56.6 Å². The van der Waals surface area contributed by atoms with E-state index in [9.17, 15) is 13.2 Å². The van der Waals surface area contributed by atoms with Crippen molar-refractivity contribution in [3.05, 3.63) is 0 Å². The molecule has 2 aliphatic rings. The van der Waals surface area contributed by atoms with Crippen LogP contribution >= 0.6 is 0 Å². The smallest absolute Gasteiger partial charge is 0.223 e. The average Bonchev–Trinajstić information content (AvgIpc) is 2.98. The molecule has 0 aromatic rings. The molecule has 122 valence electrons. The molecule has 7 heteroatoms. The lowest BCUT2D eigenvalue weighted by molar-refractivity contribution is -0.126. The van der Waals surface area contributed by atoms with Crippen LogP contribution in [-0.2, 0) is 14.8 Å². The van der Waals surface area contributed by atoms with Gasteiger partial charge in [0.1, 0.15) is 0 Å². The molecule has 0 aliphatic carbocycles. The molecule has 2 saturated heterocycles. The Kier molecular flexibility index (Phi) is 6.01. The van der Waals surface area contributed by atoms with Crippen molar-refractivity contribution in [2.24, 2.45) is 5.92 Å². The molecule has 0 spiro atoms. The third-order valence-electron chi connectivity index (χ3n) is 4.38. The minimum Gasteiger partial charge on any atom is -0.352 e. The molecule has 0 radical (unpaired) electrons. The highest BCUT2D eigenvalue weighted by molar-refractivity contribution is 7.89. The molecule has 0 aromatic carbocycles. The van der Waals surface area contributed by atoms with Gasteiger partial charge in [0.15, 0.2) is 0 Å². The summed E-state index contributed by atoms with van der Waals surface area (Å²) in [4.78, 5) is 12.2. The summed E-state index contributed by atoms with van der Waals surface area (Å²) < 4.78 is 25.8. The zero-order chi connectivity index (χ0) is 15.3. The maximum Gasteiger partial charge on any atom is 0.223 e. The standard InChI is InChI=1S/C14H27N3O3S/c1-2-3-10-21(19,20)17-8-5-12(6-9-17)14(18)16-13-4-7-15-11-13/h12-13,15H,2-11H2,1H3,(H,16,18). The zero-order valence-electron chi connectivity index (χ0n) is 12.8. The Hall–Kier alpha value is -0.660. The second-order valence-corrected chi connectivity index (χ2v) is 8.13. The number of hydrogen-bond acceptors (Lipinski definition) is 4. The number of amides is 1. The number of rotatable bonds is 6.